The highest BCUT2D eigenvalue weighted by atomic mass is 32.2. The largest absolute Gasteiger partial charge is 0.460 e. The van der Waals surface area contributed by atoms with Crippen LogP contribution in [0.25, 0.3) is 0 Å². The molecule has 28 heavy (non-hydrogen) atoms. The lowest BCUT2D eigenvalue weighted by molar-refractivity contribution is -0.140. The number of benzene rings is 2. The molecular weight excluding hydrogens is 382 g/mol. The van der Waals surface area contributed by atoms with Crippen LogP contribution in [-0.4, -0.2) is 41.8 Å². The van der Waals surface area contributed by atoms with Gasteiger partial charge in [0.15, 0.2) is 0 Å². The van der Waals surface area contributed by atoms with Gasteiger partial charge in [-0.3, -0.25) is 4.79 Å². The number of carbonyl (C=O) groups is 3. The number of hydrogen-bond donors (Lipinski definition) is 1. The number of esters is 1. The molecule has 8 heteroatoms. The van der Waals surface area contributed by atoms with Gasteiger partial charge in [-0.15, -0.1) is 0 Å². The molecule has 0 aromatic heterocycles. The summed E-state index contributed by atoms with van der Waals surface area (Å²) < 4.78 is 4.86. The zero-order chi connectivity index (χ0) is 20.5. The lowest BCUT2D eigenvalue weighted by atomic mass is 10.1. The van der Waals surface area contributed by atoms with Crippen LogP contribution in [0.5, 0.6) is 0 Å². The van der Waals surface area contributed by atoms with Crippen molar-refractivity contribution < 1.29 is 29.1 Å². The lowest BCUT2D eigenvalue weighted by Crippen LogP contribution is -2.11. The van der Waals surface area contributed by atoms with Gasteiger partial charge in [0.05, 0.1) is 12.2 Å². The van der Waals surface area contributed by atoms with Crippen LogP contribution in [0.4, 0.5) is 0 Å². The Labute approximate surface area is 166 Å². The topological polar surface area (TPSA) is 102 Å². The summed E-state index contributed by atoms with van der Waals surface area (Å²) in [6.07, 6.45) is 0. The normalized spacial score (nSPS) is 11.0. The van der Waals surface area contributed by atoms with E-state index in [4.69, 9.17) is 9.84 Å². The van der Waals surface area contributed by atoms with Gasteiger partial charge in [0.2, 0.25) is 5.78 Å². The van der Waals surface area contributed by atoms with Crippen molar-refractivity contribution in [3.63, 3.8) is 0 Å². The van der Waals surface area contributed by atoms with Crippen LogP contribution >= 0.6 is 11.8 Å². The van der Waals surface area contributed by atoms with Gasteiger partial charge in [-0.05, 0) is 43.3 Å². The molecule has 0 fully saturated rings. The monoisotopic (exact) mass is 401 g/mol. The Kier molecular flexibility index (Phi) is 7.91. The number of ether oxygens (including phenoxy) is 1. The van der Waals surface area contributed by atoms with Crippen LogP contribution in [0, 0.1) is 0 Å². The van der Waals surface area contributed by atoms with Crippen molar-refractivity contribution in [1.82, 2.24) is 0 Å². The molecule has 2 rings (SSSR count). The molecule has 0 aliphatic rings. The third-order valence-corrected chi connectivity index (χ3v) is 4.38. The van der Waals surface area contributed by atoms with E-state index in [1.54, 1.807) is 42.5 Å². The van der Waals surface area contributed by atoms with Gasteiger partial charge >= 0.3 is 11.9 Å². The summed E-state index contributed by atoms with van der Waals surface area (Å²) in [5, 5.41) is 12.2. The Bertz CT molecular complexity index is 892. The first-order valence-electron chi connectivity index (χ1n) is 8.33. The maximum Gasteiger partial charge on any atom is 0.338 e. The predicted molar refractivity (Wildman–Crippen MR) is 104 cm³/mol. The number of hydrogen-bond acceptors (Lipinski definition) is 8. The fraction of sp³-hybridized carbons (Fsp3) is 0.200. The second-order valence-electron chi connectivity index (χ2n) is 5.60. The molecule has 7 nitrogen and oxygen atoms in total. The number of aliphatic hydroxyl groups excluding tert-OH is 1. The highest BCUT2D eigenvalue weighted by Crippen LogP contribution is 2.28. The standard InChI is InChI=1S/C20H19NO6S/c1-13(21-27-14(2)23)19(24)16-4-3-5-18(12-16)28-17-8-6-15(7-9-17)20(25)26-11-10-22/h3-9,12,22H,10-11H2,1-2H3/b21-13+. The molecule has 0 heterocycles. The number of carbonyl (C=O) groups excluding carboxylic acids is 3. The molecule has 2 aromatic carbocycles. The summed E-state index contributed by atoms with van der Waals surface area (Å²) in [5.74, 6) is -1.44. The Morgan fingerprint density at radius 2 is 1.71 bits per heavy atom. The van der Waals surface area contributed by atoms with Crippen LogP contribution in [0.2, 0.25) is 0 Å². The van der Waals surface area contributed by atoms with E-state index in [2.05, 4.69) is 9.99 Å². The minimum atomic E-state index is -0.597. The van der Waals surface area contributed by atoms with Crippen LogP contribution < -0.4 is 0 Å². The van der Waals surface area contributed by atoms with Crippen molar-refractivity contribution in [2.45, 2.75) is 23.6 Å². The lowest BCUT2D eigenvalue weighted by Gasteiger charge is -2.06. The molecule has 0 saturated carbocycles. The van der Waals surface area contributed by atoms with Crippen molar-refractivity contribution in [2.24, 2.45) is 5.16 Å². The van der Waals surface area contributed by atoms with Crippen molar-refractivity contribution in [2.75, 3.05) is 13.2 Å². The molecule has 0 saturated heterocycles. The molecule has 0 bridgehead atoms. The van der Waals surface area contributed by atoms with Gasteiger partial charge in [0.1, 0.15) is 12.3 Å². The predicted octanol–water partition coefficient (Wildman–Crippen LogP) is 3.11. The molecule has 0 radical (unpaired) electrons. The first-order chi connectivity index (χ1) is 13.4. The van der Waals surface area contributed by atoms with E-state index < -0.39 is 11.9 Å². The minimum Gasteiger partial charge on any atom is -0.460 e. The SMILES string of the molecule is CC(=O)O/N=C(\C)C(=O)c1cccc(Sc2ccc(C(=O)OCCO)cc2)c1. The Hall–Kier alpha value is -2.97. The minimum absolute atomic E-state index is 0.0453. The number of oxime groups is 1. The van der Waals surface area contributed by atoms with Gasteiger partial charge < -0.3 is 14.7 Å². The Morgan fingerprint density at radius 3 is 2.36 bits per heavy atom. The van der Waals surface area contributed by atoms with Gasteiger partial charge in [0.25, 0.3) is 0 Å². The van der Waals surface area contributed by atoms with Crippen molar-refractivity contribution in [3.8, 4) is 0 Å². The van der Waals surface area contributed by atoms with E-state index in [0.717, 1.165) is 9.79 Å². The van der Waals surface area contributed by atoms with Crippen LogP contribution in [0.1, 0.15) is 34.6 Å². The first-order valence-corrected chi connectivity index (χ1v) is 9.15. The number of aliphatic hydroxyl groups is 1. The molecule has 0 spiro atoms. The Morgan fingerprint density at radius 1 is 1.00 bits per heavy atom. The van der Waals surface area contributed by atoms with Crippen LogP contribution in [0.15, 0.2) is 63.5 Å². The second-order valence-corrected chi connectivity index (χ2v) is 6.75. The van der Waals surface area contributed by atoms with Crippen LogP contribution in [0.3, 0.4) is 0 Å². The average Bonchev–Trinajstić information content (AvgIpc) is 2.70. The molecule has 0 aliphatic carbocycles. The molecule has 0 aliphatic heterocycles. The van der Waals surface area contributed by atoms with Gasteiger partial charge in [-0.2, -0.15) is 0 Å². The van der Waals surface area contributed by atoms with E-state index >= 15 is 0 Å². The zero-order valence-electron chi connectivity index (χ0n) is 15.4. The third kappa shape index (κ3) is 6.33. The zero-order valence-corrected chi connectivity index (χ0v) is 16.2. The Balaban J connectivity index is 2.08. The number of ketones is 1. The number of rotatable bonds is 8. The number of nitrogens with zero attached hydrogens (tertiary/aromatic N) is 1. The maximum atomic E-state index is 12.4. The molecule has 146 valence electrons. The summed E-state index contributed by atoms with van der Waals surface area (Å²) in [7, 11) is 0. The van der Waals surface area contributed by atoms with E-state index in [-0.39, 0.29) is 24.7 Å². The molecule has 0 amide bonds. The summed E-state index contributed by atoms with van der Waals surface area (Å²) in [5.41, 5.74) is 0.879. The van der Waals surface area contributed by atoms with Crippen molar-refractivity contribution in [1.29, 1.82) is 0 Å². The molecule has 0 atom stereocenters. The third-order valence-electron chi connectivity index (χ3n) is 3.39. The first kappa shape index (κ1) is 21.3. The summed E-state index contributed by atoms with van der Waals surface area (Å²) in [4.78, 5) is 41.1. The highest BCUT2D eigenvalue weighted by Gasteiger charge is 2.12. The molecular formula is C20H19NO6S. The highest BCUT2D eigenvalue weighted by molar-refractivity contribution is 7.99. The molecule has 2 aromatic rings. The van der Waals surface area contributed by atoms with E-state index in [1.807, 2.05) is 6.07 Å². The van der Waals surface area contributed by atoms with E-state index in [9.17, 15) is 14.4 Å². The van der Waals surface area contributed by atoms with Gasteiger partial charge in [-0.1, -0.05) is 29.1 Å². The van der Waals surface area contributed by atoms with E-state index in [0.29, 0.717) is 11.1 Å². The van der Waals surface area contributed by atoms with Gasteiger partial charge in [-0.25, -0.2) is 9.59 Å². The quantitative estimate of drug-likeness (QED) is 0.238. The molecule has 1 N–H and O–H groups in total. The van der Waals surface area contributed by atoms with Gasteiger partial charge in [0, 0.05) is 22.3 Å². The summed E-state index contributed by atoms with van der Waals surface area (Å²) in [6.45, 7) is 2.41. The van der Waals surface area contributed by atoms with Crippen molar-refractivity contribution in [3.05, 3.63) is 59.7 Å². The fourth-order valence-corrected chi connectivity index (χ4v) is 2.98. The summed E-state index contributed by atoms with van der Waals surface area (Å²) >= 11 is 1.42. The molecule has 0 unspecified atom stereocenters. The maximum absolute atomic E-state index is 12.4. The average molecular weight is 401 g/mol. The summed E-state index contributed by atoms with van der Waals surface area (Å²) in [6, 6.07) is 13.8. The fourth-order valence-electron chi connectivity index (χ4n) is 2.10. The van der Waals surface area contributed by atoms with Crippen LogP contribution in [-0.2, 0) is 14.4 Å². The van der Waals surface area contributed by atoms with Crippen molar-refractivity contribution >= 4 is 35.2 Å². The smallest absolute Gasteiger partial charge is 0.338 e. The second kappa shape index (κ2) is 10.4. The van der Waals surface area contributed by atoms with E-state index in [1.165, 1.54) is 25.6 Å². The number of Topliss-reactive ketones (excluding diaryl/α,β-unsaturated/α-hetero) is 1.